The Balaban J connectivity index is 1.20. The normalized spacial score (nSPS) is 18.2. The molecule has 1 saturated heterocycles. The molecule has 33 heavy (non-hydrogen) atoms. The van der Waals surface area contributed by atoms with Crippen LogP contribution in [-0.2, 0) is 9.47 Å². The lowest BCUT2D eigenvalue weighted by Crippen LogP contribution is -2.38. The minimum atomic E-state index is -0.375. The van der Waals surface area contributed by atoms with E-state index in [0.29, 0.717) is 18.2 Å². The van der Waals surface area contributed by atoms with Gasteiger partial charge in [-0.15, -0.1) is 0 Å². The molecule has 2 aliphatic rings. The van der Waals surface area contributed by atoms with Crippen LogP contribution in [0.15, 0.2) is 66.7 Å². The summed E-state index contributed by atoms with van der Waals surface area (Å²) in [5, 5.41) is 0.610. The molecule has 6 rings (SSSR count). The molecule has 0 unspecified atom stereocenters. The molecule has 0 bridgehead atoms. The molecule has 1 aliphatic heterocycles. The zero-order valence-electron chi connectivity index (χ0n) is 18.2. The van der Waals surface area contributed by atoms with Gasteiger partial charge < -0.3 is 19.2 Å². The maximum Gasteiger partial charge on any atom is 0.193 e. The Bertz CT molecular complexity index is 1250. The van der Waals surface area contributed by atoms with Gasteiger partial charge in [0, 0.05) is 24.5 Å². The van der Waals surface area contributed by atoms with Crippen LogP contribution in [0.2, 0.25) is 5.02 Å². The van der Waals surface area contributed by atoms with Gasteiger partial charge in [-0.1, -0.05) is 66.2 Å². The number of hydrogen-bond acceptors (Lipinski definition) is 4. The number of nitrogens with zero attached hydrogens (tertiary/aromatic N) is 1. The van der Waals surface area contributed by atoms with Gasteiger partial charge in [0.15, 0.2) is 11.7 Å². The zero-order valence-corrected chi connectivity index (χ0v) is 19.0. The van der Waals surface area contributed by atoms with Gasteiger partial charge in [0.05, 0.1) is 35.0 Å². The summed E-state index contributed by atoms with van der Waals surface area (Å²) in [6.45, 7) is 1.38. The number of halogens is 1. The topological polar surface area (TPSA) is 56.4 Å². The number of fused-ring (bicyclic) bond motifs is 1. The van der Waals surface area contributed by atoms with Crippen LogP contribution in [-0.4, -0.2) is 35.1 Å². The lowest BCUT2D eigenvalue weighted by atomic mass is 9.92. The van der Waals surface area contributed by atoms with Gasteiger partial charge in [0.2, 0.25) is 0 Å². The highest BCUT2D eigenvalue weighted by Crippen LogP contribution is 2.38. The quantitative estimate of drug-likeness (QED) is 0.372. The standard InChI is InChI=1S/C27H25ClN2O3/c28-22-16-23-24(17-25(29-23)33-21-10-12-27(13-11-21)31-14-15-32-27)30-26(22)20-8-6-19(7-9-20)18-4-2-1-3-5-18/h1-9,16-17,21,29H,10-15H2. The van der Waals surface area contributed by atoms with Crippen LogP contribution >= 0.6 is 11.6 Å². The molecule has 6 heteroatoms. The molecule has 2 fully saturated rings. The predicted molar refractivity (Wildman–Crippen MR) is 129 cm³/mol. The Kier molecular flexibility index (Phi) is 5.33. The predicted octanol–water partition coefficient (Wildman–Crippen LogP) is 6.61. The van der Waals surface area contributed by atoms with Gasteiger partial charge in [-0.3, -0.25) is 0 Å². The van der Waals surface area contributed by atoms with E-state index in [4.69, 9.17) is 30.8 Å². The van der Waals surface area contributed by atoms with Crippen molar-refractivity contribution in [3.8, 4) is 28.3 Å². The molecular weight excluding hydrogens is 436 g/mol. The minimum Gasteiger partial charge on any atom is -0.476 e. The van der Waals surface area contributed by atoms with E-state index < -0.39 is 0 Å². The first-order chi connectivity index (χ1) is 16.2. The third-order valence-electron chi connectivity index (χ3n) is 6.60. The monoisotopic (exact) mass is 460 g/mol. The lowest BCUT2D eigenvalue weighted by molar-refractivity contribution is -0.186. The molecule has 1 N–H and O–H groups in total. The number of nitrogens with one attached hydrogen (secondary N) is 1. The first-order valence-corrected chi connectivity index (χ1v) is 11.8. The summed E-state index contributed by atoms with van der Waals surface area (Å²) in [7, 11) is 0. The number of aromatic amines is 1. The zero-order chi connectivity index (χ0) is 22.3. The van der Waals surface area contributed by atoms with Crippen molar-refractivity contribution in [2.75, 3.05) is 13.2 Å². The second-order valence-corrected chi connectivity index (χ2v) is 9.16. The van der Waals surface area contributed by atoms with Gasteiger partial charge in [-0.25, -0.2) is 4.98 Å². The van der Waals surface area contributed by atoms with E-state index in [-0.39, 0.29) is 11.9 Å². The summed E-state index contributed by atoms with van der Waals surface area (Å²) in [5.74, 6) is 0.347. The van der Waals surface area contributed by atoms with Crippen LogP contribution in [0, 0.1) is 0 Å². The average Bonchev–Trinajstić information content (AvgIpc) is 3.47. The fraction of sp³-hybridized carbons (Fsp3) is 0.296. The molecule has 0 radical (unpaired) electrons. The summed E-state index contributed by atoms with van der Waals surface area (Å²) in [6, 6.07) is 22.5. The number of aromatic nitrogens is 2. The average molecular weight is 461 g/mol. The fourth-order valence-corrected chi connectivity index (χ4v) is 5.10. The lowest BCUT2D eigenvalue weighted by Gasteiger charge is -2.35. The maximum atomic E-state index is 6.61. The first-order valence-electron chi connectivity index (χ1n) is 11.5. The SMILES string of the molecule is Clc1cc2[nH]c(OC3CCC4(CC3)OCCO4)cc2nc1-c1ccc(-c2ccccc2)cc1. The van der Waals surface area contributed by atoms with Crippen LogP contribution in [0.5, 0.6) is 5.88 Å². The van der Waals surface area contributed by atoms with Crippen LogP contribution < -0.4 is 4.74 Å². The number of rotatable bonds is 4. The molecule has 0 atom stereocenters. The highest BCUT2D eigenvalue weighted by molar-refractivity contribution is 6.33. The Morgan fingerprint density at radius 2 is 1.55 bits per heavy atom. The van der Waals surface area contributed by atoms with Gasteiger partial charge in [-0.2, -0.15) is 0 Å². The molecular formula is C27H25ClN2O3. The maximum absolute atomic E-state index is 6.61. The summed E-state index contributed by atoms with van der Waals surface area (Å²) in [4.78, 5) is 8.16. The van der Waals surface area contributed by atoms with E-state index in [0.717, 1.165) is 59.4 Å². The van der Waals surface area contributed by atoms with E-state index in [2.05, 4.69) is 41.4 Å². The van der Waals surface area contributed by atoms with Crippen LogP contribution in [0.25, 0.3) is 33.4 Å². The number of benzene rings is 2. The molecule has 0 amide bonds. The van der Waals surface area contributed by atoms with Gasteiger partial charge in [-0.05, 0) is 30.0 Å². The van der Waals surface area contributed by atoms with E-state index in [1.807, 2.05) is 30.3 Å². The van der Waals surface area contributed by atoms with Crippen molar-refractivity contribution in [1.82, 2.24) is 9.97 Å². The Morgan fingerprint density at radius 3 is 2.27 bits per heavy atom. The van der Waals surface area contributed by atoms with Gasteiger partial charge in [0.1, 0.15) is 6.10 Å². The largest absolute Gasteiger partial charge is 0.476 e. The van der Waals surface area contributed by atoms with Crippen LogP contribution in [0.1, 0.15) is 25.7 Å². The number of pyridine rings is 1. The third-order valence-corrected chi connectivity index (χ3v) is 6.89. The van der Waals surface area contributed by atoms with Gasteiger partial charge >= 0.3 is 0 Å². The molecule has 4 aromatic rings. The van der Waals surface area contributed by atoms with E-state index in [1.54, 1.807) is 0 Å². The molecule has 1 spiro atoms. The van der Waals surface area contributed by atoms with Gasteiger partial charge in [0.25, 0.3) is 0 Å². The number of H-pyrrole nitrogens is 1. The highest BCUT2D eigenvalue weighted by Gasteiger charge is 2.41. The van der Waals surface area contributed by atoms with Crippen molar-refractivity contribution in [2.24, 2.45) is 0 Å². The summed E-state index contributed by atoms with van der Waals surface area (Å²) in [6.07, 6.45) is 3.68. The van der Waals surface area contributed by atoms with E-state index in [9.17, 15) is 0 Å². The smallest absolute Gasteiger partial charge is 0.193 e. The fourth-order valence-electron chi connectivity index (χ4n) is 4.84. The molecule has 3 heterocycles. The number of hydrogen-bond donors (Lipinski definition) is 1. The van der Waals surface area contributed by atoms with Crippen molar-refractivity contribution in [3.63, 3.8) is 0 Å². The Labute approximate surface area is 197 Å². The first kappa shape index (κ1) is 20.7. The Hall–Kier alpha value is -2.86. The van der Waals surface area contributed by atoms with Crippen LogP contribution in [0.4, 0.5) is 0 Å². The van der Waals surface area contributed by atoms with Crippen molar-refractivity contribution in [1.29, 1.82) is 0 Å². The molecule has 2 aromatic heterocycles. The van der Waals surface area contributed by atoms with Crippen LogP contribution in [0.3, 0.4) is 0 Å². The molecule has 5 nitrogen and oxygen atoms in total. The minimum absolute atomic E-state index is 0.136. The summed E-state index contributed by atoms with van der Waals surface area (Å²) < 4.78 is 17.9. The number of ether oxygens (including phenoxy) is 3. The van der Waals surface area contributed by atoms with Crippen molar-refractivity contribution in [3.05, 3.63) is 71.8 Å². The van der Waals surface area contributed by atoms with Crippen molar-refractivity contribution < 1.29 is 14.2 Å². The van der Waals surface area contributed by atoms with Crippen molar-refractivity contribution >= 4 is 22.6 Å². The van der Waals surface area contributed by atoms with Crippen molar-refractivity contribution in [2.45, 2.75) is 37.6 Å². The summed E-state index contributed by atoms with van der Waals surface area (Å²) in [5.41, 5.74) is 5.81. The Morgan fingerprint density at radius 1 is 0.879 bits per heavy atom. The second kappa shape index (κ2) is 8.49. The second-order valence-electron chi connectivity index (χ2n) is 8.75. The molecule has 168 valence electrons. The summed E-state index contributed by atoms with van der Waals surface area (Å²) >= 11 is 6.61. The third kappa shape index (κ3) is 4.12. The molecule has 1 saturated carbocycles. The molecule has 2 aromatic carbocycles. The highest BCUT2D eigenvalue weighted by atomic mass is 35.5. The van der Waals surface area contributed by atoms with E-state index >= 15 is 0 Å². The van der Waals surface area contributed by atoms with E-state index in [1.165, 1.54) is 5.56 Å². The molecule has 1 aliphatic carbocycles.